The second-order valence-electron chi connectivity index (χ2n) is 12.4. The van der Waals surface area contributed by atoms with Gasteiger partial charge in [-0.3, -0.25) is 9.69 Å². The van der Waals surface area contributed by atoms with Crippen molar-refractivity contribution in [3.8, 4) is 0 Å². The number of hydrogen-bond acceptors (Lipinski definition) is 7. The molecule has 0 bridgehead atoms. The van der Waals surface area contributed by atoms with Crippen molar-refractivity contribution < 1.29 is 37.0 Å². The normalized spacial score (nSPS) is 25.7. The van der Waals surface area contributed by atoms with Gasteiger partial charge in [0, 0.05) is 50.0 Å². The van der Waals surface area contributed by atoms with Crippen molar-refractivity contribution in [2.24, 2.45) is 0 Å². The molecule has 3 aliphatic heterocycles. The van der Waals surface area contributed by atoms with Gasteiger partial charge in [-0.25, -0.2) is 9.18 Å². The zero-order chi connectivity index (χ0) is 32.0. The van der Waals surface area contributed by atoms with Gasteiger partial charge < -0.3 is 30.3 Å². The summed E-state index contributed by atoms with van der Waals surface area (Å²) in [6, 6.07) is 2.94. The standard InChI is InChI=1S/C31H39F4N5O4/c1-18-16-40(17-19(2)38(18)4)26-14-24(32)21(20-6-10-39(11-7-20)29(43)44-30(3)8-5-9-30)12-25(26)37-28(42)22-15-36-27(41)13-23(22)31(33,34)35/h6,12-15,18-19,27,36,41H,5,7-11,16-17H2,1-4H3,(H,37,42)/t18-,19+,27?. The smallest absolute Gasteiger partial charge is 0.417 e. The molecule has 13 heteroatoms. The van der Waals surface area contributed by atoms with Crippen LogP contribution in [0.1, 0.15) is 52.0 Å². The van der Waals surface area contributed by atoms with Gasteiger partial charge in [-0.15, -0.1) is 0 Å². The zero-order valence-electron chi connectivity index (χ0n) is 25.3. The van der Waals surface area contributed by atoms with Crippen molar-refractivity contribution in [3.05, 3.63) is 53.0 Å². The number of carbonyl (C=O) groups is 2. The Bertz CT molecular complexity index is 1390. The Morgan fingerprint density at radius 1 is 1.16 bits per heavy atom. The molecule has 1 saturated heterocycles. The predicted molar refractivity (Wildman–Crippen MR) is 158 cm³/mol. The quantitative estimate of drug-likeness (QED) is 0.409. The van der Waals surface area contributed by atoms with E-state index in [0.717, 1.165) is 25.5 Å². The van der Waals surface area contributed by atoms with Crippen LogP contribution in [-0.4, -0.2) is 90.2 Å². The third kappa shape index (κ3) is 6.58. The lowest BCUT2D eigenvalue weighted by atomic mass is 9.82. The molecule has 3 atom stereocenters. The van der Waals surface area contributed by atoms with Crippen LogP contribution in [0, 0.1) is 5.82 Å². The van der Waals surface area contributed by atoms with Crippen LogP contribution in [0.25, 0.3) is 5.57 Å². The molecule has 240 valence electrons. The molecular formula is C31H39F4N5O4. The van der Waals surface area contributed by atoms with Crippen LogP contribution in [0.5, 0.6) is 0 Å². The van der Waals surface area contributed by atoms with Crippen molar-refractivity contribution in [1.29, 1.82) is 0 Å². The Labute approximate surface area is 254 Å². The second kappa shape index (κ2) is 12.1. The number of dihydropyridines is 1. The number of carbonyl (C=O) groups excluding carboxylic acids is 2. The summed E-state index contributed by atoms with van der Waals surface area (Å²) >= 11 is 0. The number of aliphatic hydroxyl groups excluding tert-OH is 1. The van der Waals surface area contributed by atoms with Gasteiger partial charge >= 0.3 is 12.3 Å². The first kappa shape index (κ1) is 31.8. The van der Waals surface area contributed by atoms with E-state index in [-0.39, 0.29) is 29.9 Å². The first-order chi connectivity index (χ1) is 20.6. The Morgan fingerprint density at radius 3 is 2.41 bits per heavy atom. The molecule has 0 aromatic heterocycles. The first-order valence-electron chi connectivity index (χ1n) is 14.9. The molecular weight excluding hydrogens is 582 g/mol. The first-order valence-corrected chi connectivity index (χ1v) is 14.9. The SMILES string of the molecule is C[C@@H]1CN(c2cc(F)c(C3=CCN(C(=O)OC4(C)CCC4)CC3)cc2NC(=O)C2=CNC(O)C=C2C(F)(F)F)C[C@H](C)N1C. The van der Waals surface area contributed by atoms with Crippen molar-refractivity contribution >= 4 is 28.9 Å². The lowest BCUT2D eigenvalue weighted by Crippen LogP contribution is -2.55. The molecule has 9 nitrogen and oxygen atoms in total. The molecule has 1 saturated carbocycles. The molecule has 3 heterocycles. The monoisotopic (exact) mass is 621 g/mol. The van der Waals surface area contributed by atoms with Gasteiger partial charge in [0.15, 0.2) is 0 Å². The number of rotatable bonds is 5. The van der Waals surface area contributed by atoms with Crippen LogP contribution in [0.15, 0.2) is 41.6 Å². The summed E-state index contributed by atoms with van der Waals surface area (Å²) in [7, 11) is 1.99. The minimum absolute atomic E-state index is 0.0885. The van der Waals surface area contributed by atoms with Gasteiger partial charge in [-0.2, -0.15) is 13.2 Å². The lowest BCUT2D eigenvalue weighted by molar-refractivity contribution is -0.115. The van der Waals surface area contributed by atoms with E-state index in [1.807, 2.05) is 32.7 Å². The summed E-state index contributed by atoms with van der Waals surface area (Å²) in [6.45, 7) is 7.47. The fraction of sp³-hybridized carbons (Fsp3) is 0.548. The van der Waals surface area contributed by atoms with Crippen LogP contribution >= 0.6 is 0 Å². The molecule has 44 heavy (non-hydrogen) atoms. The van der Waals surface area contributed by atoms with Crippen LogP contribution in [0.2, 0.25) is 0 Å². The molecule has 0 spiro atoms. The number of anilines is 2. The van der Waals surface area contributed by atoms with Gasteiger partial charge in [0.05, 0.1) is 22.5 Å². The van der Waals surface area contributed by atoms with Gasteiger partial charge in [-0.05, 0) is 77.3 Å². The minimum atomic E-state index is -4.89. The van der Waals surface area contributed by atoms with E-state index < -0.39 is 47.0 Å². The third-order valence-electron chi connectivity index (χ3n) is 9.16. The molecule has 2 fully saturated rings. The molecule has 4 aliphatic rings. The zero-order valence-corrected chi connectivity index (χ0v) is 25.3. The molecule has 2 amide bonds. The third-order valence-corrected chi connectivity index (χ3v) is 9.16. The fourth-order valence-corrected chi connectivity index (χ4v) is 6.07. The number of aliphatic hydroxyl groups is 1. The largest absolute Gasteiger partial charge is 0.443 e. The van der Waals surface area contributed by atoms with Gasteiger partial charge in [0.25, 0.3) is 5.91 Å². The maximum Gasteiger partial charge on any atom is 0.417 e. The maximum atomic E-state index is 15.8. The van der Waals surface area contributed by atoms with Crippen molar-refractivity contribution in [3.63, 3.8) is 0 Å². The fourth-order valence-electron chi connectivity index (χ4n) is 6.07. The Hall–Kier alpha value is -3.58. The van der Waals surface area contributed by atoms with E-state index in [2.05, 4.69) is 15.5 Å². The Kier molecular flexibility index (Phi) is 8.74. The number of likely N-dealkylation sites (N-methyl/N-ethyl adjacent to an activating group) is 1. The molecule has 1 unspecified atom stereocenters. The molecule has 1 aliphatic carbocycles. The van der Waals surface area contributed by atoms with Crippen molar-refractivity contribution in [2.45, 2.75) is 76.5 Å². The number of hydrogen-bond donors (Lipinski definition) is 3. The van der Waals surface area contributed by atoms with E-state index >= 15 is 4.39 Å². The lowest BCUT2D eigenvalue weighted by Gasteiger charge is -2.44. The highest BCUT2D eigenvalue weighted by molar-refractivity contribution is 6.09. The van der Waals surface area contributed by atoms with Crippen LogP contribution in [0.3, 0.4) is 0 Å². The number of nitrogens with zero attached hydrogens (tertiary/aromatic N) is 3. The average molecular weight is 622 g/mol. The number of piperazine rings is 1. The number of nitrogens with one attached hydrogen (secondary N) is 2. The Balaban J connectivity index is 1.45. The highest BCUT2D eigenvalue weighted by Crippen LogP contribution is 2.39. The van der Waals surface area contributed by atoms with Gasteiger partial charge in [0.1, 0.15) is 17.6 Å². The molecule has 1 aromatic carbocycles. The van der Waals surface area contributed by atoms with E-state index in [9.17, 15) is 27.9 Å². The maximum absolute atomic E-state index is 15.8. The highest BCUT2D eigenvalue weighted by Gasteiger charge is 2.41. The topological polar surface area (TPSA) is 97.4 Å². The number of amides is 2. The predicted octanol–water partition coefficient (Wildman–Crippen LogP) is 4.76. The second-order valence-corrected chi connectivity index (χ2v) is 12.4. The van der Waals surface area contributed by atoms with Gasteiger partial charge in [-0.1, -0.05) is 6.08 Å². The van der Waals surface area contributed by atoms with Crippen LogP contribution < -0.4 is 15.5 Å². The average Bonchev–Trinajstić information content (AvgIpc) is 2.95. The van der Waals surface area contributed by atoms with Crippen LogP contribution in [-0.2, 0) is 9.53 Å². The molecule has 5 rings (SSSR count). The molecule has 3 N–H and O–H groups in total. The van der Waals surface area contributed by atoms with Crippen molar-refractivity contribution in [1.82, 2.24) is 15.1 Å². The number of halogens is 4. The van der Waals surface area contributed by atoms with E-state index in [1.54, 1.807) is 11.0 Å². The summed E-state index contributed by atoms with van der Waals surface area (Å²) in [5, 5.41) is 14.6. The molecule has 0 radical (unpaired) electrons. The summed E-state index contributed by atoms with van der Waals surface area (Å²) in [6.07, 6.45) is -0.842. The number of ether oxygens (including phenoxy) is 1. The summed E-state index contributed by atoms with van der Waals surface area (Å²) in [5.74, 6) is -1.60. The van der Waals surface area contributed by atoms with Gasteiger partial charge in [0.2, 0.25) is 0 Å². The van der Waals surface area contributed by atoms with Crippen LogP contribution in [0.4, 0.5) is 33.7 Å². The summed E-state index contributed by atoms with van der Waals surface area (Å²) < 4.78 is 62.8. The number of benzene rings is 1. The number of alkyl halides is 3. The summed E-state index contributed by atoms with van der Waals surface area (Å²) in [5.41, 5.74) is -1.11. The summed E-state index contributed by atoms with van der Waals surface area (Å²) in [4.78, 5) is 31.7. The minimum Gasteiger partial charge on any atom is -0.443 e. The molecule has 1 aromatic rings. The van der Waals surface area contributed by atoms with E-state index in [0.29, 0.717) is 43.4 Å². The van der Waals surface area contributed by atoms with E-state index in [1.165, 1.54) is 12.1 Å². The van der Waals surface area contributed by atoms with E-state index in [4.69, 9.17) is 4.74 Å². The highest BCUT2D eigenvalue weighted by atomic mass is 19.4. The van der Waals surface area contributed by atoms with Crippen molar-refractivity contribution in [2.75, 3.05) is 43.4 Å². The Morgan fingerprint density at radius 2 is 1.84 bits per heavy atom.